The van der Waals surface area contributed by atoms with Crippen LogP contribution in [0.2, 0.25) is 0 Å². The first-order valence-corrected chi connectivity index (χ1v) is 5.70. The van der Waals surface area contributed by atoms with Gasteiger partial charge in [-0.25, -0.2) is 4.79 Å². The van der Waals surface area contributed by atoms with Crippen molar-refractivity contribution in [1.82, 2.24) is 5.32 Å². The molecule has 0 aliphatic heterocycles. The van der Waals surface area contributed by atoms with Crippen LogP contribution >= 0.6 is 0 Å². The second-order valence-corrected chi connectivity index (χ2v) is 3.92. The van der Waals surface area contributed by atoms with Gasteiger partial charge in [-0.05, 0) is 6.42 Å². The molecule has 1 atom stereocenters. The molecule has 2 N–H and O–H groups in total. The average Bonchev–Trinajstić information content (AvgIpc) is 2.79. The third kappa shape index (κ3) is 3.89. The third-order valence-electron chi connectivity index (χ3n) is 2.41. The summed E-state index contributed by atoms with van der Waals surface area (Å²) in [5.74, 6) is -1.57. The van der Waals surface area contributed by atoms with E-state index in [9.17, 15) is 9.59 Å². The van der Waals surface area contributed by atoms with Crippen molar-refractivity contribution < 1.29 is 23.8 Å². The van der Waals surface area contributed by atoms with Gasteiger partial charge in [0.25, 0.3) is 5.91 Å². The van der Waals surface area contributed by atoms with Crippen molar-refractivity contribution in [2.24, 2.45) is 0 Å². The van der Waals surface area contributed by atoms with Crippen LogP contribution in [0.4, 0.5) is 0 Å². The second-order valence-electron chi connectivity index (χ2n) is 3.92. The Morgan fingerprint density at radius 3 is 2.78 bits per heavy atom. The van der Waals surface area contributed by atoms with Crippen molar-refractivity contribution in [3.8, 4) is 0 Å². The maximum atomic E-state index is 11.8. The SMILES string of the molecule is CCCC(COC)NC(=O)c1cc(C(=O)O)co1. The summed E-state index contributed by atoms with van der Waals surface area (Å²) in [6.07, 6.45) is 2.74. The molecule has 0 aliphatic rings. The van der Waals surface area contributed by atoms with E-state index in [1.54, 1.807) is 7.11 Å². The number of methoxy groups -OCH3 is 1. The Bertz CT molecular complexity index is 406. The summed E-state index contributed by atoms with van der Waals surface area (Å²) in [6.45, 7) is 2.41. The predicted octanol–water partition coefficient (Wildman–Crippen LogP) is 1.52. The van der Waals surface area contributed by atoms with Gasteiger partial charge in [0, 0.05) is 13.2 Å². The molecule has 18 heavy (non-hydrogen) atoms. The summed E-state index contributed by atoms with van der Waals surface area (Å²) in [4.78, 5) is 22.4. The van der Waals surface area contributed by atoms with E-state index in [1.165, 1.54) is 6.07 Å². The molecular weight excluding hydrogens is 238 g/mol. The summed E-state index contributed by atoms with van der Waals surface area (Å²) in [5, 5.41) is 11.5. The van der Waals surface area contributed by atoms with Crippen LogP contribution in [0.5, 0.6) is 0 Å². The lowest BCUT2D eigenvalue weighted by Gasteiger charge is -2.15. The summed E-state index contributed by atoms with van der Waals surface area (Å²) >= 11 is 0. The molecule has 1 aromatic heterocycles. The predicted molar refractivity (Wildman–Crippen MR) is 63.7 cm³/mol. The summed E-state index contributed by atoms with van der Waals surface area (Å²) in [5.41, 5.74) is -0.0427. The van der Waals surface area contributed by atoms with Crippen molar-refractivity contribution in [1.29, 1.82) is 0 Å². The molecule has 0 spiro atoms. The molecule has 6 nitrogen and oxygen atoms in total. The molecule has 0 aromatic carbocycles. The smallest absolute Gasteiger partial charge is 0.338 e. The fraction of sp³-hybridized carbons (Fsp3) is 0.500. The number of rotatable bonds is 7. The molecule has 1 aromatic rings. The molecule has 1 heterocycles. The van der Waals surface area contributed by atoms with Crippen molar-refractivity contribution >= 4 is 11.9 Å². The number of nitrogens with one attached hydrogen (secondary N) is 1. The second kappa shape index (κ2) is 6.80. The number of carboxylic acids is 1. The lowest BCUT2D eigenvalue weighted by molar-refractivity contribution is 0.0695. The average molecular weight is 255 g/mol. The van der Waals surface area contributed by atoms with Gasteiger partial charge in [0.15, 0.2) is 5.76 Å². The van der Waals surface area contributed by atoms with Gasteiger partial charge in [-0.3, -0.25) is 4.79 Å². The minimum absolute atomic E-state index is 0.00962. The molecule has 1 amide bonds. The van der Waals surface area contributed by atoms with Gasteiger partial charge in [-0.2, -0.15) is 0 Å². The lowest BCUT2D eigenvalue weighted by Crippen LogP contribution is -2.37. The highest BCUT2D eigenvalue weighted by molar-refractivity contribution is 5.95. The molecule has 0 aliphatic carbocycles. The van der Waals surface area contributed by atoms with E-state index < -0.39 is 11.9 Å². The van der Waals surface area contributed by atoms with E-state index in [4.69, 9.17) is 14.3 Å². The van der Waals surface area contributed by atoms with Crippen LogP contribution in [-0.2, 0) is 4.74 Å². The van der Waals surface area contributed by atoms with Crippen molar-refractivity contribution in [2.45, 2.75) is 25.8 Å². The molecule has 1 unspecified atom stereocenters. The number of hydrogen-bond acceptors (Lipinski definition) is 4. The maximum Gasteiger partial charge on any atom is 0.338 e. The molecular formula is C12H17NO5. The van der Waals surface area contributed by atoms with Gasteiger partial charge in [-0.15, -0.1) is 0 Å². The zero-order chi connectivity index (χ0) is 13.5. The highest BCUT2D eigenvalue weighted by Gasteiger charge is 2.17. The number of carbonyl (C=O) groups excluding carboxylic acids is 1. The van der Waals surface area contributed by atoms with Crippen molar-refractivity contribution in [2.75, 3.05) is 13.7 Å². The van der Waals surface area contributed by atoms with Gasteiger partial charge in [-0.1, -0.05) is 13.3 Å². The first-order valence-electron chi connectivity index (χ1n) is 5.70. The molecule has 0 saturated carbocycles. The van der Waals surface area contributed by atoms with Gasteiger partial charge in [0.2, 0.25) is 0 Å². The van der Waals surface area contributed by atoms with Crippen molar-refractivity contribution in [3.63, 3.8) is 0 Å². The number of amides is 1. The first kappa shape index (κ1) is 14.2. The standard InChI is InChI=1S/C12H17NO5/c1-3-4-9(7-17-2)13-11(14)10-5-8(6-18-10)12(15)16/h5-6,9H,3-4,7H2,1-2H3,(H,13,14)(H,15,16). The van der Waals surface area contributed by atoms with Crippen molar-refractivity contribution in [3.05, 3.63) is 23.7 Å². The number of aromatic carboxylic acids is 1. The van der Waals surface area contributed by atoms with Crippen LogP contribution in [0.1, 0.15) is 40.7 Å². The van der Waals surface area contributed by atoms with Crippen LogP contribution in [0, 0.1) is 0 Å². The lowest BCUT2D eigenvalue weighted by atomic mass is 10.2. The van der Waals surface area contributed by atoms with Crippen LogP contribution < -0.4 is 5.32 Å². The summed E-state index contributed by atoms with van der Waals surface area (Å²) in [6, 6.07) is 1.10. The summed E-state index contributed by atoms with van der Waals surface area (Å²) in [7, 11) is 1.56. The molecule has 1 rings (SSSR count). The molecule has 100 valence electrons. The normalized spacial score (nSPS) is 12.1. The highest BCUT2D eigenvalue weighted by Crippen LogP contribution is 2.08. The van der Waals surface area contributed by atoms with Gasteiger partial charge < -0.3 is 19.6 Å². The molecule has 0 bridgehead atoms. The number of carbonyl (C=O) groups is 2. The Morgan fingerprint density at radius 1 is 1.56 bits per heavy atom. The molecule has 6 heteroatoms. The number of furan rings is 1. The van der Waals surface area contributed by atoms with Crippen LogP contribution in [0.15, 0.2) is 16.7 Å². The third-order valence-corrected chi connectivity index (χ3v) is 2.41. The maximum absolute atomic E-state index is 11.8. The molecule has 0 radical (unpaired) electrons. The number of hydrogen-bond donors (Lipinski definition) is 2. The minimum atomic E-state index is -1.13. The quantitative estimate of drug-likeness (QED) is 0.771. The fourth-order valence-electron chi connectivity index (χ4n) is 1.57. The molecule has 0 saturated heterocycles. The zero-order valence-electron chi connectivity index (χ0n) is 10.4. The van der Waals surface area contributed by atoms with E-state index in [2.05, 4.69) is 5.32 Å². The zero-order valence-corrected chi connectivity index (χ0v) is 10.4. The monoisotopic (exact) mass is 255 g/mol. The summed E-state index contributed by atoms with van der Waals surface area (Å²) < 4.78 is 9.91. The first-order chi connectivity index (χ1) is 8.58. The van der Waals surface area contributed by atoms with E-state index in [0.29, 0.717) is 6.61 Å². The Morgan fingerprint density at radius 2 is 2.28 bits per heavy atom. The van der Waals surface area contributed by atoms with Crippen LogP contribution in [-0.4, -0.2) is 36.7 Å². The Labute approximate surface area is 105 Å². The van der Waals surface area contributed by atoms with E-state index in [-0.39, 0.29) is 17.4 Å². The Balaban J connectivity index is 2.64. The Kier molecular flexibility index (Phi) is 5.38. The van der Waals surface area contributed by atoms with Crippen LogP contribution in [0.25, 0.3) is 0 Å². The van der Waals surface area contributed by atoms with Gasteiger partial charge in [0.1, 0.15) is 6.26 Å². The van der Waals surface area contributed by atoms with E-state index >= 15 is 0 Å². The van der Waals surface area contributed by atoms with Gasteiger partial charge >= 0.3 is 5.97 Å². The molecule has 0 fully saturated rings. The largest absolute Gasteiger partial charge is 0.478 e. The Hall–Kier alpha value is -1.82. The highest BCUT2D eigenvalue weighted by atomic mass is 16.5. The fourth-order valence-corrected chi connectivity index (χ4v) is 1.57. The van der Waals surface area contributed by atoms with Crippen LogP contribution in [0.3, 0.4) is 0 Å². The minimum Gasteiger partial charge on any atom is -0.478 e. The van der Waals surface area contributed by atoms with E-state index in [0.717, 1.165) is 19.1 Å². The van der Waals surface area contributed by atoms with E-state index in [1.807, 2.05) is 6.92 Å². The number of ether oxygens (including phenoxy) is 1. The topological polar surface area (TPSA) is 88.8 Å². The van der Waals surface area contributed by atoms with Gasteiger partial charge in [0.05, 0.1) is 18.2 Å². The number of carboxylic acid groups (broad SMARTS) is 1.